The second-order valence-electron chi connectivity index (χ2n) is 8.61. The average Bonchev–Trinajstić information content (AvgIpc) is 3.39. The molecule has 0 saturated carbocycles. The average molecular weight is 528 g/mol. The molecule has 2 N–H and O–H groups in total. The van der Waals surface area contributed by atoms with E-state index < -0.39 is 5.92 Å². The molecule has 1 aliphatic carbocycles. The van der Waals surface area contributed by atoms with Gasteiger partial charge in [-0.15, -0.1) is 16.8 Å². The normalized spacial score (nSPS) is 17.4. The Hall–Kier alpha value is -3.87. The molecule has 1 aliphatic heterocycles. The van der Waals surface area contributed by atoms with Gasteiger partial charge in [0.15, 0.2) is 10.1 Å². The zero-order valence-electron chi connectivity index (χ0n) is 20.1. The lowest BCUT2D eigenvalue weighted by Crippen LogP contribution is -2.38. The number of nitriles is 1. The summed E-state index contributed by atoms with van der Waals surface area (Å²) in [5, 5.41) is 19.4. The van der Waals surface area contributed by atoms with Crippen molar-refractivity contribution in [1.82, 2.24) is 10.2 Å². The molecule has 0 fully saturated rings. The van der Waals surface area contributed by atoms with Crippen molar-refractivity contribution in [3.63, 3.8) is 0 Å². The predicted molar refractivity (Wildman–Crippen MR) is 146 cm³/mol. The van der Waals surface area contributed by atoms with Crippen molar-refractivity contribution in [2.45, 2.75) is 36.1 Å². The predicted octanol–water partition coefficient (Wildman–Crippen LogP) is 5.70. The van der Waals surface area contributed by atoms with Gasteiger partial charge in [-0.25, -0.2) is 0 Å². The fourth-order valence-electron chi connectivity index (χ4n) is 4.64. The van der Waals surface area contributed by atoms with E-state index in [0.29, 0.717) is 53.6 Å². The molecule has 3 aromatic rings. The van der Waals surface area contributed by atoms with Crippen LogP contribution in [0.3, 0.4) is 0 Å². The van der Waals surface area contributed by atoms with Crippen molar-refractivity contribution >= 4 is 34.0 Å². The highest BCUT2D eigenvalue weighted by molar-refractivity contribution is 8.01. The lowest BCUT2D eigenvalue weighted by Gasteiger charge is -2.38. The first-order valence-electron chi connectivity index (χ1n) is 11.9. The first-order valence-corrected chi connectivity index (χ1v) is 13.7. The fourth-order valence-corrected chi connectivity index (χ4v) is 6.29. The Morgan fingerprint density at radius 2 is 2.05 bits per heavy atom. The van der Waals surface area contributed by atoms with Gasteiger partial charge in [0, 0.05) is 23.4 Å². The Kier molecular flexibility index (Phi) is 7.40. The van der Waals surface area contributed by atoms with Crippen LogP contribution in [0.15, 0.2) is 94.3 Å². The molecule has 0 spiro atoms. The minimum atomic E-state index is -0.563. The van der Waals surface area contributed by atoms with Gasteiger partial charge in [0.2, 0.25) is 5.13 Å². The number of nitrogens with zero attached hydrogens (tertiary/aromatic N) is 4. The first-order chi connectivity index (χ1) is 18.1. The third-order valence-corrected chi connectivity index (χ3v) is 8.30. The van der Waals surface area contributed by atoms with E-state index in [9.17, 15) is 10.1 Å². The molecule has 0 bridgehead atoms. The Bertz CT molecular complexity index is 1440. The van der Waals surface area contributed by atoms with Gasteiger partial charge in [-0.05, 0) is 36.1 Å². The molecule has 2 heterocycles. The summed E-state index contributed by atoms with van der Waals surface area (Å²) < 4.78 is 6.81. The van der Waals surface area contributed by atoms with E-state index in [0.717, 1.165) is 21.2 Å². The lowest BCUT2D eigenvalue weighted by atomic mass is 9.76. The maximum atomic E-state index is 13.4. The van der Waals surface area contributed by atoms with E-state index in [2.05, 4.69) is 22.8 Å². The van der Waals surface area contributed by atoms with Crippen LogP contribution >= 0.6 is 23.1 Å². The van der Waals surface area contributed by atoms with Gasteiger partial charge in [-0.1, -0.05) is 71.6 Å². The molecule has 2 aromatic carbocycles. The zero-order valence-corrected chi connectivity index (χ0v) is 21.7. The number of carbonyl (C=O) groups excluding carboxylic acids is 1. The summed E-state index contributed by atoms with van der Waals surface area (Å²) in [6.45, 7) is 4.16. The molecular weight excluding hydrogens is 502 g/mol. The van der Waals surface area contributed by atoms with Gasteiger partial charge < -0.3 is 10.5 Å². The number of thioether (sulfide) groups is 1. The topological polar surface area (TPSA) is 105 Å². The quantitative estimate of drug-likeness (QED) is 0.294. The van der Waals surface area contributed by atoms with Crippen LogP contribution in [0.2, 0.25) is 0 Å². The zero-order chi connectivity index (χ0) is 25.8. The highest BCUT2D eigenvalue weighted by atomic mass is 32.2. The lowest BCUT2D eigenvalue weighted by molar-refractivity contribution is -0.116. The van der Waals surface area contributed by atoms with Crippen LogP contribution in [0.5, 0.6) is 5.75 Å². The van der Waals surface area contributed by atoms with Gasteiger partial charge in [0.25, 0.3) is 0 Å². The Morgan fingerprint density at radius 1 is 1.22 bits per heavy atom. The molecule has 1 atom stereocenters. The minimum absolute atomic E-state index is 0.0258. The van der Waals surface area contributed by atoms with Crippen LogP contribution < -0.4 is 15.4 Å². The van der Waals surface area contributed by atoms with Crippen LogP contribution in [0, 0.1) is 11.3 Å². The number of ether oxygens (including phenoxy) is 1. The number of Topliss-reactive ketones (excluding diaryl/α,β-unsaturated/α-hetero) is 1. The third kappa shape index (κ3) is 5.03. The van der Waals surface area contributed by atoms with E-state index in [4.69, 9.17) is 10.5 Å². The number of nitrogens with two attached hydrogens (primary N) is 1. The number of hydrogen-bond acceptors (Lipinski definition) is 9. The van der Waals surface area contributed by atoms with Gasteiger partial charge in [-0.2, -0.15) is 5.26 Å². The summed E-state index contributed by atoms with van der Waals surface area (Å²) in [6.07, 6.45) is 3.61. The summed E-state index contributed by atoms with van der Waals surface area (Å²) in [4.78, 5) is 15.1. The van der Waals surface area contributed by atoms with E-state index in [1.54, 1.807) is 11.0 Å². The van der Waals surface area contributed by atoms with Gasteiger partial charge in [-0.3, -0.25) is 9.69 Å². The van der Waals surface area contributed by atoms with Gasteiger partial charge in [0.1, 0.15) is 18.2 Å². The van der Waals surface area contributed by atoms with Crippen LogP contribution in [0.4, 0.5) is 5.13 Å². The summed E-state index contributed by atoms with van der Waals surface area (Å²) in [5.74, 6) is 1.12. The Balaban J connectivity index is 1.54. The molecule has 37 heavy (non-hydrogen) atoms. The van der Waals surface area contributed by atoms with Crippen molar-refractivity contribution in [3.8, 4) is 11.8 Å². The first kappa shape index (κ1) is 24.8. The molecule has 9 heteroatoms. The number of carbonyl (C=O) groups is 1. The third-order valence-electron chi connectivity index (χ3n) is 6.26. The maximum absolute atomic E-state index is 13.4. The van der Waals surface area contributed by atoms with Crippen LogP contribution in [0.1, 0.15) is 36.3 Å². The number of benzene rings is 2. The van der Waals surface area contributed by atoms with Crippen molar-refractivity contribution < 1.29 is 9.53 Å². The molecule has 1 unspecified atom stereocenters. The Labute approximate surface area is 224 Å². The molecule has 5 rings (SSSR count). The maximum Gasteiger partial charge on any atom is 0.219 e. The molecule has 7 nitrogen and oxygen atoms in total. The smallest absolute Gasteiger partial charge is 0.219 e. The largest absolute Gasteiger partial charge is 0.489 e. The van der Waals surface area contributed by atoms with Crippen LogP contribution in [-0.2, 0) is 11.4 Å². The number of hydrogen-bond donors (Lipinski definition) is 1. The molecule has 1 aromatic heterocycles. The van der Waals surface area contributed by atoms with E-state index >= 15 is 0 Å². The molecule has 0 radical (unpaired) electrons. The summed E-state index contributed by atoms with van der Waals surface area (Å²) in [7, 11) is 0. The highest BCUT2D eigenvalue weighted by Gasteiger charge is 2.41. The minimum Gasteiger partial charge on any atom is -0.489 e. The van der Waals surface area contributed by atoms with Gasteiger partial charge >= 0.3 is 0 Å². The monoisotopic (exact) mass is 527 g/mol. The van der Waals surface area contributed by atoms with Crippen LogP contribution in [-0.4, -0.2) is 21.7 Å². The van der Waals surface area contributed by atoms with Crippen molar-refractivity contribution in [2.75, 3.05) is 10.7 Å². The number of anilines is 1. The second-order valence-corrected chi connectivity index (χ2v) is 10.8. The van der Waals surface area contributed by atoms with E-state index in [-0.39, 0.29) is 11.6 Å². The number of allylic oxidation sites excluding steroid dienone is 3. The summed E-state index contributed by atoms with van der Waals surface area (Å²) >= 11 is 2.91. The highest BCUT2D eigenvalue weighted by Crippen LogP contribution is 2.47. The standard InChI is InChI=1S/C28H25N5O2S2/c1-2-14-36-28-32-31-27(37-28)33-22-12-7-13-23(34)25(22)24(21(16-29)26(33)30)19-10-6-11-20(15-19)35-17-18-8-4-3-5-9-18/h2-6,8-11,15,24H,1,7,12-14,17,30H2. The molecule has 0 amide bonds. The fraction of sp³-hybridized carbons (Fsp3) is 0.214. The van der Waals surface area contributed by atoms with Gasteiger partial charge in [0.05, 0.1) is 17.6 Å². The molecule has 0 saturated heterocycles. The van der Waals surface area contributed by atoms with Crippen molar-refractivity contribution in [3.05, 3.63) is 101 Å². The molecule has 186 valence electrons. The SMILES string of the molecule is C=CCSc1nnc(N2C(N)=C(C#N)C(c3cccc(OCc4ccccc4)c3)C3=C2CCCC3=O)s1. The number of ketones is 1. The van der Waals surface area contributed by atoms with E-state index in [1.807, 2.05) is 54.6 Å². The summed E-state index contributed by atoms with van der Waals surface area (Å²) in [5.41, 5.74) is 10.2. The number of rotatable bonds is 8. The molecular formula is C28H25N5O2S2. The number of aromatic nitrogens is 2. The van der Waals surface area contributed by atoms with Crippen molar-refractivity contribution in [2.24, 2.45) is 5.73 Å². The molecule has 2 aliphatic rings. The summed E-state index contributed by atoms with van der Waals surface area (Å²) in [6, 6.07) is 19.8. The Morgan fingerprint density at radius 3 is 2.84 bits per heavy atom. The second kappa shape index (κ2) is 11.0. The van der Waals surface area contributed by atoms with E-state index in [1.165, 1.54) is 23.1 Å². The van der Waals surface area contributed by atoms with Crippen LogP contribution in [0.25, 0.3) is 0 Å². The van der Waals surface area contributed by atoms with Crippen molar-refractivity contribution in [1.29, 1.82) is 5.26 Å².